The van der Waals surface area contributed by atoms with E-state index in [9.17, 15) is 4.79 Å². The van der Waals surface area contributed by atoms with E-state index in [-0.39, 0.29) is 18.4 Å². The van der Waals surface area contributed by atoms with Crippen molar-refractivity contribution in [2.24, 2.45) is 5.10 Å². The van der Waals surface area contributed by atoms with Crippen LogP contribution in [0.3, 0.4) is 0 Å². The highest BCUT2D eigenvalue weighted by atomic mass is 32.1. The summed E-state index contributed by atoms with van der Waals surface area (Å²) in [4.78, 5) is 12.5. The Bertz CT molecular complexity index is 573. The summed E-state index contributed by atoms with van der Waals surface area (Å²) >= 11 is 1.55. The molecular formula is C9H11N7OS. The summed E-state index contributed by atoms with van der Waals surface area (Å²) in [5.74, 6) is -0.261. The van der Waals surface area contributed by atoms with Crippen molar-refractivity contribution in [3.8, 4) is 0 Å². The van der Waals surface area contributed by atoms with Crippen molar-refractivity contribution in [3.05, 3.63) is 21.9 Å². The molecule has 0 spiro atoms. The first kappa shape index (κ1) is 12.2. The van der Waals surface area contributed by atoms with Crippen molar-refractivity contribution < 1.29 is 4.79 Å². The Morgan fingerprint density at radius 1 is 1.72 bits per heavy atom. The zero-order valence-corrected chi connectivity index (χ0v) is 10.4. The van der Waals surface area contributed by atoms with Gasteiger partial charge in [0.05, 0.1) is 6.21 Å². The first-order valence-electron chi connectivity index (χ1n) is 5.04. The number of nitrogens with one attached hydrogen (secondary N) is 1. The van der Waals surface area contributed by atoms with Gasteiger partial charge in [0.1, 0.15) is 6.54 Å². The zero-order valence-electron chi connectivity index (χ0n) is 9.57. The number of amides is 1. The first-order valence-corrected chi connectivity index (χ1v) is 5.92. The smallest absolute Gasteiger partial charge is 0.261 e. The molecule has 0 aliphatic heterocycles. The molecule has 0 fully saturated rings. The fraction of sp³-hybridized carbons (Fsp3) is 0.222. The fourth-order valence-corrected chi connectivity index (χ4v) is 1.96. The molecule has 0 saturated heterocycles. The van der Waals surface area contributed by atoms with E-state index >= 15 is 0 Å². The van der Waals surface area contributed by atoms with Crippen LogP contribution < -0.4 is 11.2 Å². The van der Waals surface area contributed by atoms with Gasteiger partial charge in [0.15, 0.2) is 0 Å². The summed E-state index contributed by atoms with van der Waals surface area (Å²) in [7, 11) is 0. The summed E-state index contributed by atoms with van der Waals surface area (Å²) in [6, 6.07) is 1.98. The fourth-order valence-electron chi connectivity index (χ4n) is 1.18. The molecule has 9 heteroatoms. The summed E-state index contributed by atoms with van der Waals surface area (Å²) in [6.45, 7) is 1.90. The number of aryl methyl sites for hydroxylation is 1. The van der Waals surface area contributed by atoms with Crippen molar-refractivity contribution in [1.82, 2.24) is 25.6 Å². The highest BCUT2D eigenvalue weighted by Crippen LogP contribution is 2.12. The number of aromatic nitrogens is 4. The number of anilines is 1. The lowest BCUT2D eigenvalue weighted by Crippen LogP contribution is -2.24. The summed E-state index contributed by atoms with van der Waals surface area (Å²) < 4.78 is 1.18. The van der Waals surface area contributed by atoms with E-state index in [1.54, 1.807) is 17.6 Å². The van der Waals surface area contributed by atoms with Crippen LogP contribution in [0.5, 0.6) is 0 Å². The predicted molar refractivity (Wildman–Crippen MR) is 67.0 cm³/mol. The molecule has 0 aliphatic carbocycles. The molecule has 1 amide bonds. The van der Waals surface area contributed by atoms with Gasteiger partial charge < -0.3 is 5.73 Å². The number of rotatable bonds is 4. The number of carbonyl (C=O) groups excluding carboxylic acids is 1. The molecule has 0 atom stereocenters. The molecule has 2 aromatic rings. The predicted octanol–water partition coefficient (Wildman–Crippen LogP) is -0.224. The molecule has 0 aliphatic rings. The van der Waals surface area contributed by atoms with Crippen LogP contribution in [0.15, 0.2) is 16.5 Å². The molecule has 18 heavy (non-hydrogen) atoms. The van der Waals surface area contributed by atoms with Gasteiger partial charge in [-0.25, -0.2) is 10.1 Å². The average molecular weight is 265 g/mol. The molecule has 8 nitrogen and oxygen atoms in total. The van der Waals surface area contributed by atoms with E-state index in [0.29, 0.717) is 0 Å². The summed E-state index contributed by atoms with van der Waals surface area (Å²) in [5.41, 5.74) is 8.92. The van der Waals surface area contributed by atoms with Crippen LogP contribution in [0, 0.1) is 6.92 Å². The minimum Gasteiger partial charge on any atom is -0.367 e. The molecule has 0 bridgehead atoms. The monoisotopic (exact) mass is 265 g/mol. The number of nitrogens with zero attached hydrogens (tertiary/aromatic N) is 5. The number of tetrazole rings is 1. The number of carbonyl (C=O) groups is 1. The third-order valence-electron chi connectivity index (χ3n) is 2.13. The Labute approximate surface area is 106 Å². The minimum atomic E-state index is -0.348. The second-order valence-corrected chi connectivity index (χ2v) is 4.40. The van der Waals surface area contributed by atoms with Gasteiger partial charge in [-0.3, -0.25) is 4.79 Å². The van der Waals surface area contributed by atoms with Gasteiger partial charge in [-0.05, 0) is 34.4 Å². The number of nitrogens with two attached hydrogens (primary N) is 1. The Morgan fingerprint density at radius 3 is 3.17 bits per heavy atom. The molecule has 2 rings (SSSR count). The van der Waals surface area contributed by atoms with Crippen molar-refractivity contribution in [2.45, 2.75) is 13.5 Å². The Hall–Kier alpha value is -2.29. The SMILES string of the molecule is Cc1ccsc1/C=N/NC(=O)Cn1nnnc1N. The van der Waals surface area contributed by atoms with E-state index in [2.05, 4.69) is 26.1 Å². The first-order chi connectivity index (χ1) is 8.66. The van der Waals surface area contributed by atoms with Crippen LogP contribution >= 0.6 is 11.3 Å². The molecule has 0 unspecified atom stereocenters. The van der Waals surface area contributed by atoms with Crippen molar-refractivity contribution >= 4 is 29.4 Å². The second-order valence-electron chi connectivity index (χ2n) is 3.46. The van der Waals surface area contributed by atoms with Gasteiger partial charge in [-0.15, -0.1) is 11.3 Å². The number of hydrazone groups is 1. The molecule has 0 aromatic carbocycles. The molecular weight excluding hydrogens is 254 g/mol. The van der Waals surface area contributed by atoms with Crippen molar-refractivity contribution in [2.75, 3.05) is 5.73 Å². The minimum absolute atomic E-state index is 0.0698. The normalized spacial score (nSPS) is 10.9. The molecule has 2 heterocycles. The van der Waals surface area contributed by atoms with Crippen molar-refractivity contribution in [1.29, 1.82) is 0 Å². The maximum Gasteiger partial charge on any atom is 0.261 e. The van der Waals surface area contributed by atoms with Gasteiger partial charge in [0.25, 0.3) is 5.91 Å². The molecule has 94 valence electrons. The third kappa shape index (κ3) is 2.88. The lowest BCUT2D eigenvalue weighted by molar-refractivity contribution is -0.121. The number of hydrogen-bond acceptors (Lipinski definition) is 7. The van der Waals surface area contributed by atoms with Crippen LogP contribution in [0.1, 0.15) is 10.4 Å². The Balaban J connectivity index is 1.87. The summed E-state index contributed by atoms with van der Waals surface area (Å²) in [5, 5.41) is 16.1. The van der Waals surface area contributed by atoms with Gasteiger partial charge in [0.2, 0.25) is 5.95 Å². The molecule has 0 radical (unpaired) electrons. The standard InChI is InChI=1S/C9H11N7OS/c1-6-2-3-18-7(6)4-11-12-8(17)5-16-9(10)13-14-15-16/h2-4H,5H2,1H3,(H,12,17)(H2,10,13,15)/b11-4+. The van der Waals surface area contributed by atoms with E-state index in [1.807, 2.05) is 18.4 Å². The summed E-state index contributed by atoms with van der Waals surface area (Å²) in [6.07, 6.45) is 1.60. The van der Waals surface area contributed by atoms with E-state index < -0.39 is 0 Å². The van der Waals surface area contributed by atoms with E-state index in [0.717, 1.165) is 10.4 Å². The quantitative estimate of drug-likeness (QED) is 0.586. The van der Waals surface area contributed by atoms with Crippen LogP contribution in [0.25, 0.3) is 0 Å². The van der Waals surface area contributed by atoms with Gasteiger partial charge in [0, 0.05) is 4.88 Å². The van der Waals surface area contributed by atoms with Crippen LogP contribution in [-0.2, 0) is 11.3 Å². The third-order valence-corrected chi connectivity index (χ3v) is 3.08. The molecule has 0 saturated carbocycles. The Kier molecular flexibility index (Phi) is 3.63. The van der Waals surface area contributed by atoms with E-state index in [1.165, 1.54) is 4.68 Å². The molecule has 3 N–H and O–H groups in total. The average Bonchev–Trinajstić information content (AvgIpc) is 2.90. The maximum absolute atomic E-state index is 11.5. The lowest BCUT2D eigenvalue weighted by atomic mass is 10.3. The van der Waals surface area contributed by atoms with Crippen LogP contribution in [0.2, 0.25) is 0 Å². The van der Waals surface area contributed by atoms with Crippen LogP contribution in [-0.4, -0.2) is 32.3 Å². The second kappa shape index (κ2) is 5.36. The highest BCUT2D eigenvalue weighted by molar-refractivity contribution is 7.11. The maximum atomic E-state index is 11.5. The van der Waals surface area contributed by atoms with E-state index in [4.69, 9.17) is 5.73 Å². The van der Waals surface area contributed by atoms with Gasteiger partial charge in [-0.2, -0.15) is 5.10 Å². The van der Waals surface area contributed by atoms with Crippen molar-refractivity contribution in [3.63, 3.8) is 0 Å². The van der Waals surface area contributed by atoms with Crippen LogP contribution in [0.4, 0.5) is 5.95 Å². The number of thiophene rings is 1. The number of hydrogen-bond donors (Lipinski definition) is 2. The Morgan fingerprint density at radius 2 is 2.56 bits per heavy atom. The zero-order chi connectivity index (χ0) is 13.0. The molecule has 2 aromatic heterocycles. The highest BCUT2D eigenvalue weighted by Gasteiger charge is 2.06. The largest absolute Gasteiger partial charge is 0.367 e. The van der Waals surface area contributed by atoms with Gasteiger partial charge >= 0.3 is 0 Å². The van der Waals surface area contributed by atoms with Gasteiger partial charge in [-0.1, -0.05) is 5.10 Å². The lowest BCUT2D eigenvalue weighted by Gasteiger charge is -1.99. The topological polar surface area (TPSA) is 111 Å². The number of nitrogen functional groups attached to an aromatic ring is 1.